The van der Waals surface area contributed by atoms with Crippen molar-refractivity contribution in [3.05, 3.63) is 24.3 Å². The van der Waals surface area contributed by atoms with Gasteiger partial charge in [0.25, 0.3) is 0 Å². The second-order valence-corrected chi connectivity index (χ2v) is 8.74. The lowest BCUT2D eigenvalue weighted by molar-refractivity contribution is -0.153. The number of nitrogens with zero attached hydrogens (tertiary/aromatic N) is 1. The molecule has 0 aromatic heterocycles. The first-order valence-corrected chi connectivity index (χ1v) is 11.6. The molecule has 170 valence electrons. The van der Waals surface area contributed by atoms with Crippen LogP contribution < -0.4 is 10.1 Å². The summed E-state index contributed by atoms with van der Waals surface area (Å²) in [7, 11) is 0. The number of imide groups is 1. The van der Waals surface area contributed by atoms with Gasteiger partial charge >= 0.3 is 6.18 Å². The largest absolute Gasteiger partial charge is 0.484 e. The quantitative estimate of drug-likeness (QED) is 0.599. The minimum Gasteiger partial charge on any atom is -0.484 e. The molecule has 0 radical (unpaired) electrons. The first kappa shape index (κ1) is 23.4. The maximum atomic E-state index is 13.0. The Hall–Kier alpha value is -2.23. The molecule has 3 atom stereocenters. The van der Waals surface area contributed by atoms with Crippen LogP contribution in [-0.4, -0.2) is 53.5 Å². The molecule has 3 unspecified atom stereocenters. The van der Waals surface area contributed by atoms with E-state index in [1.165, 1.54) is 36.0 Å². The van der Waals surface area contributed by atoms with E-state index in [1.807, 2.05) is 6.26 Å². The van der Waals surface area contributed by atoms with Crippen LogP contribution >= 0.6 is 11.8 Å². The third-order valence-electron chi connectivity index (χ3n) is 5.61. The van der Waals surface area contributed by atoms with Crippen molar-refractivity contribution in [2.75, 3.05) is 23.9 Å². The summed E-state index contributed by atoms with van der Waals surface area (Å²) in [5, 5.41) is 2.68. The maximum absolute atomic E-state index is 13.0. The predicted octanol–water partition coefficient (Wildman–Crippen LogP) is 3.86. The second-order valence-electron chi connectivity index (χ2n) is 7.76. The fraction of sp³-hybridized carbons (Fsp3) is 0.571. The lowest BCUT2D eigenvalue weighted by Crippen LogP contribution is -2.48. The lowest BCUT2D eigenvalue weighted by atomic mass is 9.81. The molecule has 31 heavy (non-hydrogen) atoms. The summed E-state index contributed by atoms with van der Waals surface area (Å²) in [5.74, 6) is -1.10. The molecule has 3 amide bonds. The average Bonchev–Trinajstić information content (AvgIpc) is 2.98. The summed E-state index contributed by atoms with van der Waals surface area (Å²) in [6, 6.07) is 4.56. The Balaban J connectivity index is 1.70. The van der Waals surface area contributed by atoms with Crippen LogP contribution in [0.25, 0.3) is 0 Å². The van der Waals surface area contributed by atoms with Gasteiger partial charge in [-0.05, 0) is 55.5 Å². The van der Waals surface area contributed by atoms with Crippen molar-refractivity contribution >= 4 is 35.2 Å². The van der Waals surface area contributed by atoms with Gasteiger partial charge in [-0.1, -0.05) is 12.8 Å². The number of thioether (sulfide) groups is 1. The maximum Gasteiger partial charge on any atom is 0.422 e. The minimum atomic E-state index is -4.44. The molecular weight excluding hydrogens is 433 g/mol. The Morgan fingerprint density at radius 2 is 1.74 bits per heavy atom. The van der Waals surface area contributed by atoms with Gasteiger partial charge in [-0.3, -0.25) is 19.3 Å². The third-order valence-corrected chi connectivity index (χ3v) is 6.25. The number of halogens is 3. The third kappa shape index (κ3) is 5.72. The lowest BCUT2D eigenvalue weighted by Gasteiger charge is -2.26. The summed E-state index contributed by atoms with van der Waals surface area (Å²) in [6.45, 7) is -1.41. The van der Waals surface area contributed by atoms with E-state index in [4.69, 9.17) is 0 Å². The number of benzene rings is 1. The van der Waals surface area contributed by atoms with Crippen LogP contribution in [0.5, 0.6) is 5.75 Å². The van der Waals surface area contributed by atoms with E-state index in [1.54, 1.807) is 0 Å². The number of hydrogen-bond acceptors (Lipinski definition) is 5. The summed E-state index contributed by atoms with van der Waals surface area (Å²) in [4.78, 5) is 40.0. The van der Waals surface area contributed by atoms with E-state index in [0.717, 1.165) is 17.7 Å². The fourth-order valence-corrected chi connectivity index (χ4v) is 4.59. The SMILES string of the molecule is CSCCC(C(=O)Nc1ccc(OCC(F)(F)F)cc1)N1C(=O)C2CCCCC2C1=O. The van der Waals surface area contributed by atoms with E-state index in [9.17, 15) is 27.6 Å². The van der Waals surface area contributed by atoms with E-state index in [-0.39, 0.29) is 29.4 Å². The molecule has 1 aromatic rings. The average molecular weight is 459 g/mol. The number of carbonyl (C=O) groups excluding carboxylic acids is 3. The fourth-order valence-electron chi connectivity index (χ4n) is 4.13. The van der Waals surface area contributed by atoms with E-state index >= 15 is 0 Å². The van der Waals surface area contributed by atoms with Gasteiger partial charge in [0, 0.05) is 5.69 Å². The number of carbonyl (C=O) groups is 3. The first-order chi connectivity index (χ1) is 14.7. The van der Waals surface area contributed by atoms with Crippen LogP contribution in [0.2, 0.25) is 0 Å². The molecular formula is C21H25F3N2O4S. The summed E-state index contributed by atoms with van der Waals surface area (Å²) < 4.78 is 41.4. The molecule has 10 heteroatoms. The van der Waals surface area contributed by atoms with E-state index in [2.05, 4.69) is 10.1 Å². The topological polar surface area (TPSA) is 75.7 Å². The predicted molar refractivity (Wildman–Crippen MR) is 111 cm³/mol. The number of likely N-dealkylation sites (tertiary alicyclic amines) is 1. The summed E-state index contributed by atoms with van der Waals surface area (Å²) in [6.07, 6.45) is 0.906. The number of amides is 3. The van der Waals surface area contributed by atoms with E-state index in [0.29, 0.717) is 30.7 Å². The molecule has 3 rings (SSSR count). The van der Waals surface area contributed by atoms with Crippen molar-refractivity contribution in [3.8, 4) is 5.75 Å². The zero-order chi connectivity index (χ0) is 22.6. The van der Waals surface area contributed by atoms with Crippen molar-refractivity contribution in [2.24, 2.45) is 11.8 Å². The second kappa shape index (κ2) is 9.93. The molecule has 1 aliphatic heterocycles. The van der Waals surface area contributed by atoms with Crippen LogP contribution in [0.4, 0.5) is 18.9 Å². The molecule has 1 aliphatic carbocycles. The Morgan fingerprint density at radius 1 is 1.16 bits per heavy atom. The smallest absolute Gasteiger partial charge is 0.422 e. The molecule has 6 nitrogen and oxygen atoms in total. The van der Waals surface area contributed by atoms with Gasteiger partial charge in [-0.25, -0.2) is 0 Å². The van der Waals surface area contributed by atoms with Gasteiger partial charge in [-0.2, -0.15) is 24.9 Å². The van der Waals surface area contributed by atoms with Gasteiger partial charge in [0.15, 0.2) is 6.61 Å². The number of rotatable bonds is 8. The highest BCUT2D eigenvalue weighted by Crippen LogP contribution is 2.39. The normalized spacial score (nSPS) is 22.3. The van der Waals surface area contributed by atoms with Crippen LogP contribution in [0.1, 0.15) is 32.1 Å². The molecule has 2 fully saturated rings. The number of ether oxygens (including phenoxy) is 1. The van der Waals surface area contributed by atoms with Crippen molar-refractivity contribution in [2.45, 2.75) is 44.3 Å². The van der Waals surface area contributed by atoms with Gasteiger partial charge in [0.05, 0.1) is 11.8 Å². The number of hydrogen-bond donors (Lipinski definition) is 1. The van der Waals surface area contributed by atoms with Crippen molar-refractivity contribution in [1.29, 1.82) is 0 Å². The van der Waals surface area contributed by atoms with Gasteiger partial charge in [0.2, 0.25) is 17.7 Å². The Kier molecular flexibility index (Phi) is 7.51. The Morgan fingerprint density at radius 3 is 2.26 bits per heavy atom. The summed E-state index contributed by atoms with van der Waals surface area (Å²) >= 11 is 1.51. The number of fused-ring (bicyclic) bond motifs is 1. The molecule has 1 aromatic carbocycles. The van der Waals surface area contributed by atoms with Gasteiger partial charge in [0.1, 0.15) is 11.8 Å². The number of alkyl halides is 3. The molecule has 1 saturated carbocycles. The standard InChI is InChI=1S/C21H25F3N2O4S/c1-31-11-10-17(26-19(28)15-4-2-3-5-16(15)20(26)29)18(27)25-13-6-8-14(9-7-13)30-12-21(22,23)24/h6-9,15-17H,2-5,10-12H2,1H3,(H,25,27). The van der Waals surface area contributed by atoms with Gasteiger partial charge < -0.3 is 10.1 Å². The molecule has 0 bridgehead atoms. The zero-order valence-corrected chi connectivity index (χ0v) is 17.9. The van der Waals surface area contributed by atoms with Crippen LogP contribution in [-0.2, 0) is 14.4 Å². The molecule has 1 heterocycles. The number of anilines is 1. The number of nitrogens with one attached hydrogen (secondary N) is 1. The Labute approximate surface area is 182 Å². The Bertz CT molecular complexity index is 792. The van der Waals surface area contributed by atoms with Crippen molar-refractivity contribution in [3.63, 3.8) is 0 Å². The highest BCUT2D eigenvalue weighted by atomic mass is 32.2. The van der Waals surface area contributed by atoms with Crippen LogP contribution in [0.15, 0.2) is 24.3 Å². The van der Waals surface area contributed by atoms with Crippen molar-refractivity contribution in [1.82, 2.24) is 4.90 Å². The first-order valence-electron chi connectivity index (χ1n) is 10.2. The monoisotopic (exact) mass is 458 g/mol. The molecule has 1 N–H and O–H groups in total. The zero-order valence-electron chi connectivity index (χ0n) is 17.1. The molecule has 0 spiro atoms. The summed E-state index contributed by atoms with van der Waals surface area (Å²) in [5.41, 5.74) is 0.343. The van der Waals surface area contributed by atoms with Crippen LogP contribution in [0.3, 0.4) is 0 Å². The van der Waals surface area contributed by atoms with Gasteiger partial charge in [-0.15, -0.1) is 0 Å². The highest BCUT2D eigenvalue weighted by molar-refractivity contribution is 7.98. The molecule has 1 saturated heterocycles. The van der Waals surface area contributed by atoms with Crippen LogP contribution in [0, 0.1) is 11.8 Å². The van der Waals surface area contributed by atoms with Crippen molar-refractivity contribution < 1.29 is 32.3 Å². The molecule has 2 aliphatic rings. The minimum absolute atomic E-state index is 0.0169. The highest BCUT2D eigenvalue weighted by Gasteiger charge is 2.51. The van der Waals surface area contributed by atoms with E-state index < -0.39 is 24.7 Å².